The molecule has 0 radical (unpaired) electrons. The fraction of sp³-hybridized carbons (Fsp3) is 0.158. The van der Waals surface area contributed by atoms with E-state index >= 15 is 0 Å². The number of methoxy groups -OCH3 is 1. The molecule has 162 valence electrons. The number of aromatic nitrogens is 1. The van der Waals surface area contributed by atoms with E-state index in [9.17, 15) is 26.4 Å². The molecular weight excluding hydrogens is 437 g/mol. The van der Waals surface area contributed by atoms with Gasteiger partial charge in [-0.2, -0.15) is 0 Å². The first-order chi connectivity index (χ1) is 14.6. The van der Waals surface area contributed by atoms with Crippen molar-refractivity contribution in [1.29, 1.82) is 0 Å². The molecule has 2 heterocycles. The number of nitrogens with one attached hydrogen (secondary N) is 1. The molecule has 4 rings (SSSR count). The van der Waals surface area contributed by atoms with Gasteiger partial charge in [0.15, 0.2) is 11.6 Å². The topological polar surface area (TPSA) is 115 Å². The minimum Gasteiger partial charge on any atom is -0.494 e. The van der Waals surface area contributed by atoms with Crippen LogP contribution in [0.5, 0.6) is 5.75 Å². The van der Waals surface area contributed by atoms with Crippen LogP contribution in [0.15, 0.2) is 35.4 Å². The fourth-order valence-corrected chi connectivity index (χ4v) is 3.93. The number of pyridine rings is 1. The summed E-state index contributed by atoms with van der Waals surface area (Å²) in [6, 6.07) is 2.95. The van der Waals surface area contributed by atoms with Gasteiger partial charge in [-0.15, -0.1) is 0 Å². The number of fused-ring (bicyclic) bond motifs is 3. The Hall–Kier alpha value is -3.38. The number of hydrogen-bond donors (Lipinski definition) is 2. The third-order valence-electron chi connectivity index (χ3n) is 4.89. The van der Waals surface area contributed by atoms with Gasteiger partial charge < -0.3 is 10.1 Å². The van der Waals surface area contributed by atoms with Crippen LogP contribution in [0.2, 0.25) is 0 Å². The molecule has 0 spiro atoms. The van der Waals surface area contributed by atoms with Gasteiger partial charge >= 0.3 is 6.03 Å². The number of benzene rings is 2. The van der Waals surface area contributed by atoms with Crippen LogP contribution in [0.25, 0.3) is 10.9 Å². The van der Waals surface area contributed by atoms with Crippen molar-refractivity contribution in [2.24, 2.45) is 5.14 Å². The lowest BCUT2D eigenvalue weighted by atomic mass is 10.0. The maximum atomic E-state index is 14.6. The molecule has 0 saturated heterocycles. The summed E-state index contributed by atoms with van der Waals surface area (Å²) in [6.45, 7) is -0.509. The Bertz CT molecular complexity index is 1320. The van der Waals surface area contributed by atoms with Gasteiger partial charge in [-0.3, -0.25) is 9.88 Å². The number of carbonyl (C=O) groups excluding carboxylic acids is 1. The second kappa shape index (κ2) is 7.39. The second-order valence-electron chi connectivity index (χ2n) is 6.79. The summed E-state index contributed by atoms with van der Waals surface area (Å²) < 4.78 is 71.3. The van der Waals surface area contributed by atoms with E-state index in [2.05, 4.69) is 10.3 Å². The number of hydrogen-bond acceptors (Lipinski definition) is 5. The van der Waals surface area contributed by atoms with E-state index < -0.39 is 50.5 Å². The van der Waals surface area contributed by atoms with Crippen LogP contribution in [0.3, 0.4) is 0 Å². The number of nitrogens with two attached hydrogens (primary N) is 1. The van der Waals surface area contributed by atoms with E-state index in [1.54, 1.807) is 0 Å². The van der Waals surface area contributed by atoms with Gasteiger partial charge in [0, 0.05) is 35.3 Å². The minimum atomic E-state index is -4.33. The van der Waals surface area contributed by atoms with E-state index in [0.717, 1.165) is 11.0 Å². The van der Waals surface area contributed by atoms with Crippen molar-refractivity contribution in [3.05, 3.63) is 59.0 Å². The van der Waals surface area contributed by atoms with E-state index in [4.69, 9.17) is 9.88 Å². The molecule has 0 saturated carbocycles. The number of halogens is 3. The van der Waals surface area contributed by atoms with Crippen molar-refractivity contribution < 1.29 is 31.1 Å². The Morgan fingerprint density at radius 3 is 2.45 bits per heavy atom. The zero-order valence-electron chi connectivity index (χ0n) is 15.9. The van der Waals surface area contributed by atoms with Crippen LogP contribution in [-0.4, -0.2) is 26.5 Å². The number of nitrogens with zero attached hydrogens (tertiary/aromatic N) is 2. The Morgan fingerprint density at radius 2 is 1.84 bits per heavy atom. The number of urea groups is 1. The first-order valence-electron chi connectivity index (χ1n) is 8.81. The third-order valence-corrected chi connectivity index (χ3v) is 5.79. The highest BCUT2D eigenvalue weighted by molar-refractivity contribution is 7.89. The average Bonchev–Trinajstić information content (AvgIpc) is 2.70. The van der Waals surface area contributed by atoms with Crippen LogP contribution < -0.4 is 20.1 Å². The molecule has 2 aromatic carbocycles. The predicted molar refractivity (Wildman–Crippen MR) is 104 cm³/mol. The first kappa shape index (κ1) is 20.9. The number of carbonyl (C=O) groups is 1. The Balaban J connectivity index is 1.87. The normalized spacial score (nSPS) is 13.8. The molecule has 0 atom stereocenters. The van der Waals surface area contributed by atoms with Gasteiger partial charge in [0.25, 0.3) is 0 Å². The van der Waals surface area contributed by atoms with Gasteiger partial charge in [0.2, 0.25) is 10.0 Å². The van der Waals surface area contributed by atoms with Crippen LogP contribution >= 0.6 is 0 Å². The molecule has 3 aromatic rings. The second-order valence-corrected chi connectivity index (χ2v) is 8.35. The highest BCUT2D eigenvalue weighted by atomic mass is 32.2. The lowest BCUT2D eigenvalue weighted by Gasteiger charge is -2.31. The summed E-state index contributed by atoms with van der Waals surface area (Å²) in [5.41, 5.74) is 0.472. The van der Waals surface area contributed by atoms with Crippen molar-refractivity contribution in [2.75, 3.05) is 12.0 Å². The highest BCUT2D eigenvalue weighted by Crippen LogP contribution is 2.36. The van der Waals surface area contributed by atoms with Gasteiger partial charge in [0.1, 0.15) is 11.6 Å². The lowest BCUT2D eigenvalue weighted by Crippen LogP contribution is -2.44. The number of ether oxygens (including phenoxy) is 1. The van der Waals surface area contributed by atoms with Gasteiger partial charge in [0.05, 0.1) is 29.8 Å². The van der Waals surface area contributed by atoms with Crippen LogP contribution in [-0.2, 0) is 23.1 Å². The van der Waals surface area contributed by atoms with Crippen molar-refractivity contribution in [3.63, 3.8) is 0 Å². The summed E-state index contributed by atoms with van der Waals surface area (Å²) in [6.07, 6.45) is 1.46. The number of sulfonamides is 1. The summed E-state index contributed by atoms with van der Waals surface area (Å²) >= 11 is 0. The molecule has 3 N–H and O–H groups in total. The molecule has 1 aromatic heterocycles. The van der Waals surface area contributed by atoms with E-state index in [1.807, 2.05) is 0 Å². The fourth-order valence-electron chi connectivity index (χ4n) is 3.40. The number of primary sulfonamides is 1. The smallest absolute Gasteiger partial charge is 0.322 e. The lowest BCUT2D eigenvalue weighted by molar-refractivity contribution is 0.244. The summed E-state index contributed by atoms with van der Waals surface area (Å²) in [4.78, 5) is 17.1. The molecular formula is C19H15F3N4O4S. The number of anilines is 1. The Morgan fingerprint density at radius 1 is 1.16 bits per heavy atom. The molecule has 0 bridgehead atoms. The molecule has 12 heteroatoms. The maximum absolute atomic E-state index is 14.6. The quantitative estimate of drug-likeness (QED) is 0.632. The molecule has 0 fully saturated rings. The van der Waals surface area contributed by atoms with Crippen molar-refractivity contribution in [3.8, 4) is 5.75 Å². The van der Waals surface area contributed by atoms with Gasteiger partial charge in [-0.05, 0) is 18.2 Å². The maximum Gasteiger partial charge on any atom is 0.322 e. The largest absolute Gasteiger partial charge is 0.494 e. The average molecular weight is 452 g/mol. The zero-order valence-corrected chi connectivity index (χ0v) is 16.8. The van der Waals surface area contributed by atoms with Crippen molar-refractivity contribution in [2.45, 2.75) is 18.0 Å². The standard InChI is InChI=1S/C19H15F3N4O4S/c1-30-17-5-16-11(4-15(17)22)18-9(6-24-16)7-25-19(27)26(18)8-12-13(20)2-10(3-14(12)21)31(23,28)29/h2-6H,7-8H2,1H3,(H,25,27)(H2,23,28,29). The predicted octanol–water partition coefficient (Wildman–Crippen LogP) is 2.54. The third kappa shape index (κ3) is 3.64. The van der Waals surface area contributed by atoms with Crippen molar-refractivity contribution in [1.82, 2.24) is 10.3 Å². The molecule has 1 aliphatic heterocycles. The molecule has 0 aliphatic carbocycles. The number of rotatable bonds is 4. The highest BCUT2D eigenvalue weighted by Gasteiger charge is 2.29. The molecule has 2 amide bonds. The van der Waals surface area contributed by atoms with E-state index in [1.165, 1.54) is 19.4 Å². The van der Waals surface area contributed by atoms with Crippen LogP contribution in [0, 0.1) is 17.5 Å². The zero-order chi connectivity index (χ0) is 22.5. The molecule has 1 aliphatic rings. The van der Waals surface area contributed by atoms with E-state index in [-0.39, 0.29) is 23.4 Å². The van der Waals surface area contributed by atoms with Gasteiger partial charge in [-0.25, -0.2) is 31.5 Å². The van der Waals surface area contributed by atoms with Crippen molar-refractivity contribution >= 4 is 32.6 Å². The Labute approximate surface area is 174 Å². The summed E-state index contributed by atoms with van der Waals surface area (Å²) in [5.74, 6) is -3.15. The van der Waals surface area contributed by atoms with Crippen LogP contribution in [0.1, 0.15) is 11.1 Å². The first-order valence-corrected chi connectivity index (χ1v) is 10.4. The molecule has 8 nitrogen and oxygen atoms in total. The number of amides is 2. The SMILES string of the molecule is COc1cc2ncc3c(c2cc1F)N(Cc1c(F)cc(S(N)(=O)=O)cc1F)C(=O)NC3. The monoisotopic (exact) mass is 452 g/mol. The Kier molecular flexibility index (Phi) is 4.98. The summed E-state index contributed by atoms with van der Waals surface area (Å²) in [5, 5.41) is 7.72. The van der Waals surface area contributed by atoms with E-state index in [0.29, 0.717) is 23.2 Å². The van der Waals surface area contributed by atoms with Crippen LogP contribution in [0.4, 0.5) is 23.7 Å². The summed E-state index contributed by atoms with van der Waals surface area (Å²) in [7, 11) is -3.04. The molecule has 31 heavy (non-hydrogen) atoms. The minimum absolute atomic E-state index is 0.0533. The van der Waals surface area contributed by atoms with Gasteiger partial charge in [-0.1, -0.05) is 0 Å². The molecule has 0 unspecified atom stereocenters.